The SMILES string of the molecule is CCc1cc(NCC2(CNC)CCC2)ccc1OC. The predicted molar refractivity (Wildman–Crippen MR) is 81.1 cm³/mol. The lowest BCUT2D eigenvalue weighted by molar-refractivity contribution is 0.151. The molecule has 0 atom stereocenters. The van der Waals surface area contributed by atoms with E-state index in [9.17, 15) is 0 Å². The van der Waals surface area contributed by atoms with Crippen molar-refractivity contribution in [2.45, 2.75) is 32.6 Å². The first kappa shape index (κ1) is 14.2. The molecule has 2 rings (SSSR count). The van der Waals surface area contributed by atoms with Crippen molar-refractivity contribution in [1.82, 2.24) is 5.32 Å². The van der Waals surface area contributed by atoms with E-state index in [0.29, 0.717) is 5.41 Å². The molecule has 3 nitrogen and oxygen atoms in total. The van der Waals surface area contributed by atoms with Crippen LogP contribution in [-0.4, -0.2) is 27.2 Å². The molecule has 19 heavy (non-hydrogen) atoms. The van der Waals surface area contributed by atoms with Gasteiger partial charge in [-0.25, -0.2) is 0 Å². The molecule has 106 valence electrons. The predicted octanol–water partition coefficient (Wildman–Crippen LogP) is 3.06. The minimum atomic E-state index is 0.459. The lowest BCUT2D eigenvalue weighted by Gasteiger charge is -2.42. The van der Waals surface area contributed by atoms with Crippen LogP contribution in [0.15, 0.2) is 18.2 Å². The van der Waals surface area contributed by atoms with Gasteiger partial charge in [-0.15, -0.1) is 0 Å². The average molecular weight is 262 g/mol. The average Bonchev–Trinajstić information content (AvgIpc) is 2.41. The molecule has 3 heteroatoms. The summed E-state index contributed by atoms with van der Waals surface area (Å²) < 4.78 is 5.37. The van der Waals surface area contributed by atoms with Gasteiger partial charge in [-0.2, -0.15) is 0 Å². The highest BCUT2D eigenvalue weighted by molar-refractivity contribution is 5.51. The van der Waals surface area contributed by atoms with E-state index in [4.69, 9.17) is 4.74 Å². The van der Waals surface area contributed by atoms with E-state index in [1.807, 2.05) is 7.05 Å². The third-order valence-corrected chi connectivity index (χ3v) is 4.29. The Labute approximate surface area is 116 Å². The van der Waals surface area contributed by atoms with Crippen molar-refractivity contribution in [3.05, 3.63) is 23.8 Å². The summed E-state index contributed by atoms with van der Waals surface area (Å²) >= 11 is 0. The van der Waals surface area contributed by atoms with Crippen molar-refractivity contribution in [1.29, 1.82) is 0 Å². The van der Waals surface area contributed by atoms with E-state index in [1.165, 1.54) is 30.5 Å². The van der Waals surface area contributed by atoms with Gasteiger partial charge in [-0.05, 0) is 50.1 Å². The number of anilines is 1. The Kier molecular flexibility index (Phi) is 4.70. The molecule has 1 aromatic carbocycles. The van der Waals surface area contributed by atoms with Gasteiger partial charge in [-0.3, -0.25) is 0 Å². The fourth-order valence-electron chi connectivity index (χ4n) is 2.92. The van der Waals surface area contributed by atoms with Crippen molar-refractivity contribution < 1.29 is 4.74 Å². The molecule has 0 saturated heterocycles. The zero-order chi connectivity index (χ0) is 13.7. The standard InChI is InChI=1S/C16H26N2O/c1-4-13-10-14(6-7-15(13)19-3)18-12-16(11-17-2)8-5-9-16/h6-7,10,17-18H,4-5,8-9,11-12H2,1-3H3. The van der Waals surface area contributed by atoms with Crippen LogP contribution in [0.2, 0.25) is 0 Å². The van der Waals surface area contributed by atoms with Crippen LogP contribution in [0.5, 0.6) is 5.75 Å². The molecule has 1 aromatic rings. The van der Waals surface area contributed by atoms with E-state index in [1.54, 1.807) is 7.11 Å². The van der Waals surface area contributed by atoms with Crippen molar-refractivity contribution in [2.75, 3.05) is 32.6 Å². The van der Waals surface area contributed by atoms with Crippen LogP contribution in [0.4, 0.5) is 5.69 Å². The summed E-state index contributed by atoms with van der Waals surface area (Å²) in [5.74, 6) is 0.988. The lowest BCUT2D eigenvalue weighted by atomic mass is 9.68. The molecule has 2 N–H and O–H groups in total. The highest BCUT2D eigenvalue weighted by atomic mass is 16.5. The monoisotopic (exact) mass is 262 g/mol. The number of benzene rings is 1. The first-order valence-electron chi connectivity index (χ1n) is 7.28. The Hall–Kier alpha value is -1.22. The summed E-state index contributed by atoms with van der Waals surface area (Å²) in [7, 11) is 3.78. The molecule has 1 fully saturated rings. The van der Waals surface area contributed by atoms with Gasteiger partial charge in [-0.1, -0.05) is 13.3 Å². The van der Waals surface area contributed by atoms with Gasteiger partial charge >= 0.3 is 0 Å². The highest BCUT2D eigenvalue weighted by Gasteiger charge is 2.35. The maximum atomic E-state index is 5.37. The number of hydrogen-bond donors (Lipinski definition) is 2. The van der Waals surface area contributed by atoms with Crippen LogP contribution < -0.4 is 15.4 Å². The van der Waals surface area contributed by atoms with Crippen molar-refractivity contribution in [2.24, 2.45) is 5.41 Å². The summed E-state index contributed by atoms with van der Waals surface area (Å²) in [6, 6.07) is 6.39. The van der Waals surface area contributed by atoms with E-state index >= 15 is 0 Å². The Balaban J connectivity index is 1.99. The molecule has 0 spiro atoms. The van der Waals surface area contributed by atoms with Gasteiger partial charge < -0.3 is 15.4 Å². The largest absolute Gasteiger partial charge is 0.496 e. The molecule has 1 saturated carbocycles. The minimum absolute atomic E-state index is 0.459. The Bertz CT molecular complexity index is 413. The molecule has 0 bridgehead atoms. The van der Waals surface area contributed by atoms with Gasteiger partial charge in [0.2, 0.25) is 0 Å². The zero-order valence-electron chi connectivity index (χ0n) is 12.4. The smallest absolute Gasteiger partial charge is 0.122 e. The number of nitrogens with one attached hydrogen (secondary N) is 2. The van der Waals surface area contributed by atoms with Crippen LogP contribution in [0.3, 0.4) is 0 Å². The number of rotatable bonds is 7. The van der Waals surface area contributed by atoms with Crippen LogP contribution >= 0.6 is 0 Å². The summed E-state index contributed by atoms with van der Waals surface area (Å²) in [6.45, 7) is 4.33. The summed E-state index contributed by atoms with van der Waals surface area (Å²) in [5, 5.41) is 6.93. The van der Waals surface area contributed by atoms with Crippen LogP contribution in [0.1, 0.15) is 31.7 Å². The quantitative estimate of drug-likeness (QED) is 0.792. The van der Waals surface area contributed by atoms with Crippen molar-refractivity contribution >= 4 is 5.69 Å². The molecule has 1 aliphatic rings. The topological polar surface area (TPSA) is 33.3 Å². The van der Waals surface area contributed by atoms with E-state index in [0.717, 1.165) is 25.3 Å². The van der Waals surface area contributed by atoms with Crippen molar-refractivity contribution in [3.63, 3.8) is 0 Å². The Morgan fingerprint density at radius 2 is 2.05 bits per heavy atom. The molecule has 1 aliphatic carbocycles. The van der Waals surface area contributed by atoms with Crippen LogP contribution in [-0.2, 0) is 6.42 Å². The summed E-state index contributed by atoms with van der Waals surface area (Å²) in [4.78, 5) is 0. The molecule has 0 unspecified atom stereocenters. The third kappa shape index (κ3) is 3.21. The van der Waals surface area contributed by atoms with Crippen molar-refractivity contribution in [3.8, 4) is 5.75 Å². The fourth-order valence-corrected chi connectivity index (χ4v) is 2.92. The Morgan fingerprint density at radius 3 is 2.58 bits per heavy atom. The van der Waals surface area contributed by atoms with E-state index in [-0.39, 0.29) is 0 Å². The Morgan fingerprint density at radius 1 is 1.26 bits per heavy atom. The normalized spacial score (nSPS) is 16.8. The molecule has 0 aliphatic heterocycles. The second kappa shape index (κ2) is 6.29. The molecule has 0 radical (unpaired) electrons. The fraction of sp³-hybridized carbons (Fsp3) is 0.625. The summed E-state index contributed by atoms with van der Waals surface area (Å²) in [5.41, 5.74) is 2.94. The van der Waals surface area contributed by atoms with Gasteiger partial charge in [0, 0.05) is 24.2 Å². The van der Waals surface area contributed by atoms with Gasteiger partial charge in [0.15, 0.2) is 0 Å². The molecule has 0 aromatic heterocycles. The molecule has 0 heterocycles. The second-order valence-electron chi connectivity index (χ2n) is 5.62. The van der Waals surface area contributed by atoms with E-state index < -0.39 is 0 Å². The summed E-state index contributed by atoms with van der Waals surface area (Å²) in [6.07, 6.45) is 5.03. The number of ether oxygens (including phenoxy) is 1. The van der Waals surface area contributed by atoms with Gasteiger partial charge in [0.05, 0.1) is 7.11 Å². The molecular weight excluding hydrogens is 236 g/mol. The molecule has 0 amide bonds. The highest BCUT2D eigenvalue weighted by Crippen LogP contribution is 2.40. The van der Waals surface area contributed by atoms with Gasteiger partial charge in [0.25, 0.3) is 0 Å². The first-order chi connectivity index (χ1) is 9.23. The minimum Gasteiger partial charge on any atom is -0.496 e. The zero-order valence-corrected chi connectivity index (χ0v) is 12.4. The molecular formula is C16H26N2O. The van der Waals surface area contributed by atoms with E-state index in [2.05, 4.69) is 35.8 Å². The first-order valence-corrected chi connectivity index (χ1v) is 7.28. The van der Waals surface area contributed by atoms with Gasteiger partial charge in [0.1, 0.15) is 5.75 Å². The number of aryl methyl sites for hydroxylation is 1. The van der Waals surface area contributed by atoms with Crippen LogP contribution in [0, 0.1) is 5.41 Å². The maximum Gasteiger partial charge on any atom is 0.122 e. The lowest BCUT2D eigenvalue weighted by Crippen LogP contribution is -2.44. The number of methoxy groups -OCH3 is 1. The maximum absolute atomic E-state index is 5.37. The van der Waals surface area contributed by atoms with Crippen LogP contribution in [0.25, 0.3) is 0 Å². The number of hydrogen-bond acceptors (Lipinski definition) is 3. The third-order valence-electron chi connectivity index (χ3n) is 4.29. The second-order valence-corrected chi connectivity index (χ2v) is 5.62.